The van der Waals surface area contributed by atoms with Gasteiger partial charge in [0.2, 0.25) is 0 Å². The molecule has 1 aromatic carbocycles. The van der Waals surface area contributed by atoms with Crippen molar-refractivity contribution < 1.29 is 13.5 Å². The summed E-state index contributed by atoms with van der Waals surface area (Å²) in [6.07, 6.45) is 0. The molecule has 0 atom stereocenters. The van der Waals surface area contributed by atoms with Gasteiger partial charge in [-0.1, -0.05) is 28.1 Å². The second kappa shape index (κ2) is 5.94. The molecule has 1 aromatic heterocycles. The summed E-state index contributed by atoms with van der Waals surface area (Å²) in [4.78, 5) is 3.61. The molecule has 0 bridgehead atoms. The molecule has 0 fully saturated rings. The van der Waals surface area contributed by atoms with E-state index in [2.05, 4.69) is 20.9 Å². The minimum absolute atomic E-state index is 0.110. The number of rotatable bonds is 4. The number of aromatic nitrogens is 1. The number of hydrogen-bond donors (Lipinski definition) is 2. The second-order valence-corrected chi connectivity index (χ2v) is 4.58. The smallest absolute Gasteiger partial charge is 0.252 e. The highest BCUT2D eigenvalue weighted by Gasteiger charge is 2.12. The number of pyridine rings is 1. The zero-order valence-corrected chi connectivity index (χ0v) is 11.2. The van der Waals surface area contributed by atoms with Gasteiger partial charge in [0.1, 0.15) is 6.61 Å². The Kier molecular flexibility index (Phi) is 4.28. The van der Waals surface area contributed by atoms with E-state index in [1.807, 2.05) is 29.7 Å². The number of nitrogens with one attached hydrogen (secondary N) is 1. The maximum Gasteiger partial charge on any atom is 0.252 e. The zero-order chi connectivity index (χ0) is 13.8. The second-order valence-electron chi connectivity index (χ2n) is 3.67. The molecule has 0 amide bonds. The van der Waals surface area contributed by atoms with Crippen molar-refractivity contribution in [2.24, 2.45) is 5.84 Å². The molecule has 4 nitrogen and oxygen atoms in total. The van der Waals surface area contributed by atoms with E-state index >= 15 is 0 Å². The van der Waals surface area contributed by atoms with Crippen molar-refractivity contribution in [2.45, 2.75) is 6.61 Å². The number of hydrazine groups is 1. The van der Waals surface area contributed by atoms with Gasteiger partial charge in [0, 0.05) is 10.5 Å². The average molecular weight is 330 g/mol. The molecule has 0 aliphatic rings. The van der Waals surface area contributed by atoms with Gasteiger partial charge in [0.05, 0.1) is 0 Å². The van der Waals surface area contributed by atoms with Gasteiger partial charge < -0.3 is 10.2 Å². The van der Waals surface area contributed by atoms with Crippen LogP contribution < -0.4 is 16.0 Å². The molecule has 0 aliphatic carbocycles. The van der Waals surface area contributed by atoms with Crippen LogP contribution in [0.1, 0.15) is 5.56 Å². The highest BCUT2D eigenvalue weighted by atomic mass is 79.9. The van der Waals surface area contributed by atoms with Gasteiger partial charge in [-0.3, -0.25) is 0 Å². The Hall–Kier alpha value is -1.73. The zero-order valence-electron chi connectivity index (χ0n) is 9.66. The molecule has 0 unspecified atom stereocenters. The van der Waals surface area contributed by atoms with Crippen molar-refractivity contribution in [1.82, 2.24) is 4.98 Å². The molecule has 0 saturated heterocycles. The van der Waals surface area contributed by atoms with Crippen LogP contribution >= 0.6 is 15.9 Å². The standard InChI is InChI=1S/C12H10BrF2N3O/c13-8-3-1-2-7(4-8)6-19-12-10(15)5-9(14)11(17-12)18-16/h1-5H,6,16H2,(H,17,18). The van der Waals surface area contributed by atoms with Crippen molar-refractivity contribution in [3.8, 4) is 5.88 Å². The highest BCUT2D eigenvalue weighted by molar-refractivity contribution is 9.10. The van der Waals surface area contributed by atoms with E-state index < -0.39 is 11.6 Å². The number of ether oxygens (including phenoxy) is 1. The lowest BCUT2D eigenvalue weighted by molar-refractivity contribution is 0.276. The van der Waals surface area contributed by atoms with Crippen molar-refractivity contribution in [1.29, 1.82) is 0 Å². The normalized spacial score (nSPS) is 10.3. The monoisotopic (exact) mass is 329 g/mol. The van der Waals surface area contributed by atoms with Crippen LogP contribution in [-0.2, 0) is 6.61 Å². The number of nitrogens with two attached hydrogens (primary N) is 1. The first-order valence-corrected chi connectivity index (χ1v) is 6.09. The number of benzene rings is 1. The van der Waals surface area contributed by atoms with E-state index in [1.165, 1.54) is 0 Å². The number of nitrogen functional groups attached to an aromatic ring is 1. The van der Waals surface area contributed by atoms with E-state index in [0.29, 0.717) is 6.07 Å². The molecular weight excluding hydrogens is 320 g/mol. The van der Waals surface area contributed by atoms with Gasteiger partial charge >= 0.3 is 0 Å². The number of hydrogen-bond acceptors (Lipinski definition) is 4. The van der Waals surface area contributed by atoms with Crippen LogP contribution in [0, 0.1) is 11.6 Å². The molecule has 2 rings (SSSR count). The summed E-state index contributed by atoms with van der Waals surface area (Å²) in [5.74, 6) is 2.71. The molecule has 0 spiro atoms. The fourth-order valence-corrected chi connectivity index (χ4v) is 1.88. The topological polar surface area (TPSA) is 60.2 Å². The van der Waals surface area contributed by atoms with Crippen LogP contribution in [0.4, 0.5) is 14.6 Å². The molecule has 1 heterocycles. The molecule has 0 saturated carbocycles. The third kappa shape index (κ3) is 3.39. The fraction of sp³-hybridized carbons (Fsp3) is 0.0833. The lowest BCUT2D eigenvalue weighted by Gasteiger charge is -2.09. The summed E-state index contributed by atoms with van der Waals surface area (Å²) < 4.78 is 32.7. The summed E-state index contributed by atoms with van der Waals surface area (Å²) in [6.45, 7) is 0.110. The molecule has 0 aliphatic heterocycles. The molecule has 3 N–H and O–H groups in total. The minimum Gasteiger partial charge on any atom is -0.471 e. The summed E-state index contributed by atoms with van der Waals surface area (Å²) in [5, 5.41) is 0. The molecule has 100 valence electrons. The Morgan fingerprint density at radius 3 is 2.74 bits per heavy atom. The molecule has 0 radical (unpaired) electrons. The van der Waals surface area contributed by atoms with Gasteiger partial charge in [-0.2, -0.15) is 4.98 Å². The quantitative estimate of drug-likeness (QED) is 0.668. The predicted molar refractivity (Wildman–Crippen MR) is 70.4 cm³/mol. The van der Waals surface area contributed by atoms with Gasteiger partial charge in [0.15, 0.2) is 17.5 Å². The molecule has 2 aromatic rings. The Labute approximate surface area is 116 Å². The summed E-state index contributed by atoms with van der Waals surface area (Å²) in [7, 11) is 0. The third-order valence-electron chi connectivity index (χ3n) is 2.30. The van der Waals surface area contributed by atoms with Gasteiger partial charge in [0.25, 0.3) is 5.88 Å². The SMILES string of the molecule is NNc1nc(OCc2cccc(Br)c2)c(F)cc1F. The Morgan fingerprint density at radius 2 is 2.05 bits per heavy atom. The summed E-state index contributed by atoms with van der Waals surface area (Å²) >= 11 is 3.31. The number of halogens is 3. The van der Waals surface area contributed by atoms with Crippen LogP contribution in [0.15, 0.2) is 34.8 Å². The maximum absolute atomic E-state index is 13.4. The van der Waals surface area contributed by atoms with Crippen LogP contribution in [0.25, 0.3) is 0 Å². The maximum atomic E-state index is 13.4. The van der Waals surface area contributed by atoms with E-state index in [1.54, 1.807) is 0 Å². The van der Waals surface area contributed by atoms with Gasteiger partial charge in [-0.15, -0.1) is 0 Å². The van der Waals surface area contributed by atoms with Crippen molar-refractivity contribution in [3.63, 3.8) is 0 Å². The minimum atomic E-state index is -0.883. The van der Waals surface area contributed by atoms with Crippen LogP contribution in [0.5, 0.6) is 5.88 Å². The highest BCUT2D eigenvalue weighted by Crippen LogP contribution is 2.21. The Bertz CT molecular complexity index is 595. The number of anilines is 1. The first-order valence-electron chi connectivity index (χ1n) is 5.30. The van der Waals surface area contributed by atoms with E-state index in [9.17, 15) is 8.78 Å². The average Bonchev–Trinajstić information content (AvgIpc) is 2.38. The molecule has 19 heavy (non-hydrogen) atoms. The Balaban J connectivity index is 2.15. The summed E-state index contributed by atoms with van der Waals surface area (Å²) in [6, 6.07) is 7.98. The predicted octanol–water partition coefficient (Wildman–Crippen LogP) is 2.99. The lowest BCUT2D eigenvalue weighted by atomic mass is 10.2. The largest absolute Gasteiger partial charge is 0.471 e. The van der Waals surface area contributed by atoms with Crippen molar-refractivity contribution >= 4 is 21.7 Å². The van der Waals surface area contributed by atoms with Crippen LogP contribution in [0.2, 0.25) is 0 Å². The van der Waals surface area contributed by atoms with E-state index in [4.69, 9.17) is 10.6 Å². The molecule has 7 heteroatoms. The Morgan fingerprint density at radius 1 is 1.26 bits per heavy atom. The van der Waals surface area contributed by atoms with Crippen molar-refractivity contribution in [3.05, 3.63) is 52.0 Å². The van der Waals surface area contributed by atoms with Crippen LogP contribution in [0.3, 0.4) is 0 Å². The van der Waals surface area contributed by atoms with Gasteiger partial charge in [-0.25, -0.2) is 14.6 Å². The molecular formula is C12H10BrF2N3O. The van der Waals surface area contributed by atoms with E-state index in [0.717, 1.165) is 10.0 Å². The van der Waals surface area contributed by atoms with Crippen molar-refractivity contribution in [2.75, 3.05) is 5.43 Å². The van der Waals surface area contributed by atoms with E-state index in [-0.39, 0.29) is 18.3 Å². The fourth-order valence-electron chi connectivity index (χ4n) is 1.43. The van der Waals surface area contributed by atoms with Crippen LogP contribution in [-0.4, -0.2) is 4.98 Å². The first-order chi connectivity index (χ1) is 9.10. The number of nitrogens with zero attached hydrogens (tertiary/aromatic N) is 1. The first kappa shape index (κ1) is 13.7. The lowest BCUT2D eigenvalue weighted by Crippen LogP contribution is -2.12. The summed E-state index contributed by atoms with van der Waals surface area (Å²) in [5.41, 5.74) is 2.85. The third-order valence-corrected chi connectivity index (χ3v) is 2.79. The van der Waals surface area contributed by atoms with Gasteiger partial charge in [-0.05, 0) is 17.7 Å².